The number of hydrogen-bond donors (Lipinski definition) is 2. The molecule has 2 aliphatic rings. The molecule has 24 heavy (non-hydrogen) atoms. The minimum Gasteiger partial charge on any atom is -0.506 e. The predicted octanol–water partition coefficient (Wildman–Crippen LogP) is 1.84. The molecule has 0 bridgehead atoms. The fraction of sp³-hybridized carbons (Fsp3) is 0.438. The summed E-state index contributed by atoms with van der Waals surface area (Å²) in [7, 11) is 0. The average Bonchev–Trinajstić information content (AvgIpc) is 2.99. The van der Waals surface area contributed by atoms with Crippen molar-refractivity contribution in [3.8, 4) is 5.75 Å². The van der Waals surface area contributed by atoms with E-state index in [2.05, 4.69) is 0 Å². The molecule has 1 saturated heterocycles. The average molecular weight is 354 g/mol. The normalized spacial score (nSPS) is 22.9. The van der Waals surface area contributed by atoms with Gasteiger partial charge in [-0.15, -0.1) is 0 Å². The second-order valence-electron chi connectivity index (χ2n) is 6.02. The largest absolute Gasteiger partial charge is 0.506 e. The SMILES string of the molecule is C[C@@H]1Cc2c(Cl)cc(C(=O)N3CCC[C@H]3C(=O)O)c(O)c2C(=O)O1. The number of hydrogen-bond acceptors (Lipinski definition) is 5. The summed E-state index contributed by atoms with van der Waals surface area (Å²) >= 11 is 6.19. The number of fused-ring (bicyclic) bond motifs is 1. The molecule has 0 aliphatic carbocycles. The number of halogens is 1. The van der Waals surface area contributed by atoms with Crippen LogP contribution in [0.3, 0.4) is 0 Å². The number of carbonyl (C=O) groups excluding carboxylic acids is 2. The summed E-state index contributed by atoms with van der Waals surface area (Å²) in [6.07, 6.45) is 0.865. The third kappa shape index (κ3) is 2.58. The van der Waals surface area contributed by atoms with Gasteiger partial charge in [-0.1, -0.05) is 11.6 Å². The first kappa shape index (κ1) is 16.6. The number of likely N-dealkylation sites (tertiary alicyclic amines) is 1. The van der Waals surface area contributed by atoms with Crippen LogP contribution in [0, 0.1) is 0 Å². The van der Waals surface area contributed by atoms with Crippen molar-refractivity contribution < 1.29 is 29.3 Å². The van der Waals surface area contributed by atoms with Crippen LogP contribution >= 0.6 is 11.6 Å². The van der Waals surface area contributed by atoms with E-state index in [1.807, 2.05) is 0 Å². The lowest BCUT2D eigenvalue weighted by molar-refractivity contribution is -0.141. The van der Waals surface area contributed by atoms with E-state index in [9.17, 15) is 24.6 Å². The van der Waals surface area contributed by atoms with Crippen LogP contribution < -0.4 is 0 Å². The topological polar surface area (TPSA) is 104 Å². The Morgan fingerprint density at radius 3 is 2.79 bits per heavy atom. The molecule has 2 atom stereocenters. The number of aromatic hydroxyl groups is 1. The first-order valence-electron chi connectivity index (χ1n) is 7.60. The summed E-state index contributed by atoms with van der Waals surface area (Å²) in [6.45, 7) is 1.97. The molecule has 1 amide bonds. The molecular weight excluding hydrogens is 338 g/mol. The molecule has 7 nitrogen and oxygen atoms in total. The van der Waals surface area contributed by atoms with E-state index in [-0.39, 0.29) is 28.8 Å². The summed E-state index contributed by atoms with van der Waals surface area (Å²) in [5.74, 6) is -3.01. The number of nitrogens with zero attached hydrogens (tertiary/aromatic N) is 1. The first-order chi connectivity index (χ1) is 11.3. The maximum Gasteiger partial charge on any atom is 0.342 e. The van der Waals surface area contributed by atoms with E-state index in [0.717, 1.165) is 0 Å². The Bertz CT molecular complexity index is 747. The number of carbonyl (C=O) groups is 3. The van der Waals surface area contributed by atoms with Crippen molar-refractivity contribution in [1.29, 1.82) is 0 Å². The molecule has 1 aromatic carbocycles. The van der Waals surface area contributed by atoms with E-state index >= 15 is 0 Å². The molecule has 0 radical (unpaired) electrons. The highest BCUT2D eigenvalue weighted by Gasteiger charge is 2.38. The van der Waals surface area contributed by atoms with Crippen LogP contribution in [0.1, 0.15) is 46.0 Å². The zero-order valence-corrected chi connectivity index (χ0v) is 13.7. The van der Waals surface area contributed by atoms with Gasteiger partial charge in [0.05, 0.1) is 5.56 Å². The molecule has 8 heteroatoms. The predicted molar refractivity (Wildman–Crippen MR) is 83.4 cm³/mol. The Labute approximate surface area is 142 Å². The van der Waals surface area contributed by atoms with Gasteiger partial charge in [-0.05, 0) is 31.4 Å². The van der Waals surface area contributed by atoms with E-state index in [4.69, 9.17) is 16.3 Å². The van der Waals surface area contributed by atoms with E-state index < -0.39 is 29.6 Å². The van der Waals surface area contributed by atoms with Crippen LogP contribution in [-0.2, 0) is 16.0 Å². The van der Waals surface area contributed by atoms with Crippen molar-refractivity contribution in [1.82, 2.24) is 4.90 Å². The Morgan fingerprint density at radius 1 is 1.42 bits per heavy atom. The number of cyclic esters (lactones) is 1. The number of esters is 1. The minimum atomic E-state index is -1.10. The van der Waals surface area contributed by atoms with Crippen molar-refractivity contribution in [2.75, 3.05) is 6.54 Å². The van der Waals surface area contributed by atoms with Crippen molar-refractivity contribution in [2.24, 2.45) is 0 Å². The van der Waals surface area contributed by atoms with Gasteiger partial charge in [0.15, 0.2) is 0 Å². The number of ether oxygens (including phenoxy) is 1. The Kier molecular flexibility index (Phi) is 4.13. The highest BCUT2D eigenvalue weighted by molar-refractivity contribution is 6.32. The molecule has 2 aliphatic heterocycles. The fourth-order valence-corrected chi connectivity index (χ4v) is 3.53. The Balaban J connectivity index is 2.05. The van der Waals surface area contributed by atoms with Crippen LogP contribution in [0.5, 0.6) is 5.75 Å². The fourth-order valence-electron chi connectivity index (χ4n) is 3.25. The Morgan fingerprint density at radius 2 is 2.12 bits per heavy atom. The summed E-state index contributed by atoms with van der Waals surface area (Å²) in [6, 6.07) is 0.347. The number of rotatable bonds is 2. The van der Waals surface area contributed by atoms with Gasteiger partial charge >= 0.3 is 11.9 Å². The van der Waals surface area contributed by atoms with Crippen LogP contribution in [0.15, 0.2) is 6.07 Å². The molecule has 1 aromatic rings. The second-order valence-corrected chi connectivity index (χ2v) is 6.43. The highest BCUT2D eigenvalue weighted by atomic mass is 35.5. The molecule has 2 N–H and O–H groups in total. The van der Waals surface area contributed by atoms with Gasteiger partial charge in [0.25, 0.3) is 5.91 Å². The Hall–Kier alpha value is -2.28. The number of phenols is 1. The molecule has 2 heterocycles. The first-order valence-corrected chi connectivity index (χ1v) is 7.98. The van der Waals surface area contributed by atoms with Gasteiger partial charge in [0.1, 0.15) is 23.5 Å². The monoisotopic (exact) mass is 353 g/mol. The summed E-state index contributed by atoms with van der Waals surface area (Å²) in [4.78, 5) is 37.2. The van der Waals surface area contributed by atoms with E-state index in [1.165, 1.54) is 11.0 Å². The van der Waals surface area contributed by atoms with Gasteiger partial charge in [0.2, 0.25) is 0 Å². The van der Waals surface area contributed by atoms with Crippen LogP contribution in [0.2, 0.25) is 5.02 Å². The van der Waals surface area contributed by atoms with Crippen molar-refractivity contribution >= 4 is 29.4 Å². The van der Waals surface area contributed by atoms with Crippen LogP contribution in [0.4, 0.5) is 0 Å². The van der Waals surface area contributed by atoms with Gasteiger partial charge in [0, 0.05) is 18.0 Å². The lowest BCUT2D eigenvalue weighted by Gasteiger charge is -2.26. The second kappa shape index (κ2) is 5.98. The number of phenolic OH excluding ortho intramolecular Hbond substituents is 1. The standard InChI is InChI=1S/C16H16ClNO6/c1-7-5-8-10(17)6-9(13(19)12(8)16(23)24-7)14(20)18-4-2-3-11(18)15(21)22/h6-7,11,19H,2-5H2,1H3,(H,21,22)/t7-,11+/m1/s1. The van der Waals surface area contributed by atoms with Gasteiger partial charge in [-0.2, -0.15) is 0 Å². The maximum atomic E-state index is 12.7. The number of benzene rings is 1. The van der Waals surface area contributed by atoms with Crippen molar-refractivity contribution in [2.45, 2.75) is 38.3 Å². The molecule has 128 valence electrons. The van der Waals surface area contributed by atoms with E-state index in [1.54, 1.807) is 6.92 Å². The van der Waals surface area contributed by atoms with Gasteiger partial charge < -0.3 is 19.8 Å². The van der Waals surface area contributed by atoms with Crippen molar-refractivity contribution in [3.05, 3.63) is 27.8 Å². The maximum absolute atomic E-state index is 12.7. The zero-order chi connectivity index (χ0) is 17.6. The molecule has 0 aromatic heterocycles. The summed E-state index contributed by atoms with van der Waals surface area (Å²) < 4.78 is 5.09. The van der Waals surface area contributed by atoms with Gasteiger partial charge in [-0.25, -0.2) is 9.59 Å². The smallest absolute Gasteiger partial charge is 0.342 e. The van der Waals surface area contributed by atoms with Crippen molar-refractivity contribution in [3.63, 3.8) is 0 Å². The quantitative estimate of drug-likeness (QED) is 0.786. The number of aliphatic carboxylic acids is 1. The molecule has 0 unspecified atom stereocenters. The third-order valence-corrected chi connectivity index (χ3v) is 4.72. The molecular formula is C16H16ClNO6. The van der Waals surface area contributed by atoms with Crippen LogP contribution in [0.25, 0.3) is 0 Å². The number of amides is 1. The lowest BCUT2D eigenvalue weighted by atomic mass is 9.95. The molecule has 0 saturated carbocycles. The highest BCUT2D eigenvalue weighted by Crippen LogP contribution is 2.37. The number of carboxylic acids is 1. The molecule has 0 spiro atoms. The summed E-state index contributed by atoms with van der Waals surface area (Å²) in [5.41, 5.74) is 0.138. The zero-order valence-electron chi connectivity index (χ0n) is 12.9. The van der Waals surface area contributed by atoms with E-state index in [0.29, 0.717) is 24.8 Å². The lowest BCUT2D eigenvalue weighted by Crippen LogP contribution is -2.40. The molecule has 1 fully saturated rings. The number of carboxylic acid groups (broad SMARTS) is 1. The minimum absolute atomic E-state index is 0.116. The van der Waals surface area contributed by atoms with Crippen LogP contribution in [-0.4, -0.2) is 51.6 Å². The van der Waals surface area contributed by atoms with Gasteiger partial charge in [-0.3, -0.25) is 4.79 Å². The third-order valence-electron chi connectivity index (χ3n) is 4.39. The molecule has 3 rings (SSSR count). The summed E-state index contributed by atoms with van der Waals surface area (Å²) in [5, 5.41) is 19.8.